The second-order valence-corrected chi connectivity index (χ2v) is 2.85. The molecule has 0 radical (unpaired) electrons. The van der Waals surface area contributed by atoms with Crippen LogP contribution in [-0.4, -0.2) is 21.9 Å². The van der Waals surface area contributed by atoms with Crippen LogP contribution in [-0.2, 0) is 4.79 Å². The normalized spacial score (nSPS) is 13.2. The molecule has 3 heteroatoms. The van der Waals surface area contributed by atoms with Gasteiger partial charge in [-0.1, -0.05) is 22.6 Å². The van der Waals surface area contributed by atoms with Crippen molar-refractivity contribution >= 4 is 28.4 Å². The van der Waals surface area contributed by atoms with E-state index in [1.54, 1.807) is 6.92 Å². The van der Waals surface area contributed by atoms with E-state index in [4.69, 9.17) is 5.11 Å². The van der Waals surface area contributed by atoms with Crippen LogP contribution < -0.4 is 0 Å². The van der Waals surface area contributed by atoms with E-state index in [0.717, 1.165) is 4.43 Å². The molecule has 0 saturated heterocycles. The third-order valence-corrected chi connectivity index (χ3v) is 2.30. The van der Waals surface area contributed by atoms with Crippen LogP contribution in [0.25, 0.3) is 0 Å². The lowest BCUT2D eigenvalue weighted by Crippen LogP contribution is -2.13. The van der Waals surface area contributed by atoms with Gasteiger partial charge in [-0.2, -0.15) is 0 Å². The van der Waals surface area contributed by atoms with E-state index in [0.29, 0.717) is 6.42 Å². The molecule has 0 amide bonds. The largest absolute Gasteiger partial charge is 0.396 e. The molecule has 0 aliphatic carbocycles. The van der Waals surface area contributed by atoms with Crippen LogP contribution in [0.3, 0.4) is 0 Å². The number of hydrogen-bond acceptors (Lipinski definition) is 2. The number of alkyl halides is 1. The summed E-state index contributed by atoms with van der Waals surface area (Å²) in [6.45, 7) is 1.69. The minimum absolute atomic E-state index is 0.0654. The Morgan fingerprint density at radius 1 is 1.78 bits per heavy atom. The van der Waals surface area contributed by atoms with Crippen LogP contribution in [0.2, 0.25) is 0 Å². The first-order chi connectivity index (χ1) is 4.22. The van der Waals surface area contributed by atoms with Gasteiger partial charge in [0, 0.05) is 17.0 Å². The van der Waals surface area contributed by atoms with Crippen molar-refractivity contribution in [2.24, 2.45) is 5.92 Å². The Bertz CT molecular complexity index is 93.1. The van der Waals surface area contributed by atoms with Crippen molar-refractivity contribution in [2.75, 3.05) is 11.0 Å². The molecule has 0 aromatic carbocycles. The molecule has 9 heavy (non-hydrogen) atoms. The summed E-state index contributed by atoms with van der Waals surface area (Å²) in [6, 6.07) is 0. The smallest absolute Gasteiger partial charge is 0.133 e. The maximum atomic E-state index is 10.6. The molecule has 0 aliphatic heterocycles. The lowest BCUT2D eigenvalue weighted by molar-refractivity contribution is -0.120. The number of halogens is 1. The molecule has 0 aromatic rings. The molecule has 0 saturated carbocycles. The van der Waals surface area contributed by atoms with Crippen molar-refractivity contribution in [1.29, 1.82) is 0 Å². The summed E-state index contributed by atoms with van der Waals surface area (Å²) in [6.07, 6.45) is 0.609. The highest BCUT2D eigenvalue weighted by molar-refractivity contribution is 14.1. The summed E-state index contributed by atoms with van der Waals surface area (Å²) in [4.78, 5) is 10.6. The average Bonchev–Trinajstić information content (AvgIpc) is 1.82. The second-order valence-electron chi connectivity index (χ2n) is 1.97. The molecule has 0 aliphatic rings. The zero-order valence-corrected chi connectivity index (χ0v) is 7.59. The zero-order valence-electron chi connectivity index (χ0n) is 5.43. The molecule has 0 fully saturated rings. The van der Waals surface area contributed by atoms with Crippen molar-refractivity contribution in [3.8, 4) is 0 Å². The first-order valence-electron chi connectivity index (χ1n) is 2.89. The van der Waals surface area contributed by atoms with Crippen LogP contribution in [0.15, 0.2) is 0 Å². The molecule has 1 N–H and O–H groups in total. The van der Waals surface area contributed by atoms with Crippen molar-refractivity contribution < 1.29 is 9.90 Å². The second kappa shape index (κ2) is 5.17. The highest BCUT2D eigenvalue weighted by atomic mass is 127. The highest BCUT2D eigenvalue weighted by Crippen LogP contribution is 2.07. The average molecular weight is 242 g/mol. The molecule has 1 unspecified atom stereocenters. The molecule has 54 valence electrons. The quantitative estimate of drug-likeness (QED) is 0.590. The Labute approximate surface area is 68.8 Å². The van der Waals surface area contributed by atoms with Gasteiger partial charge in [0.1, 0.15) is 5.78 Å². The number of aliphatic hydroxyl groups is 1. The topological polar surface area (TPSA) is 37.3 Å². The van der Waals surface area contributed by atoms with Gasteiger partial charge in [0.25, 0.3) is 0 Å². The Morgan fingerprint density at radius 3 is 2.44 bits per heavy atom. The molecule has 2 nitrogen and oxygen atoms in total. The Kier molecular flexibility index (Phi) is 5.38. The summed E-state index contributed by atoms with van der Waals surface area (Å²) in [5, 5.41) is 8.46. The first kappa shape index (κ1) is 9.36. The number of ketones is 1. The van der Waals surface area contributed by atoms with Crippen LogP contribution in [0.4, 0.5) is 0 Å². The molecule has 1 atom stereocenters. The highest BCUT2D eigenvalue weighted by Gasteiger charge is 2.10. The van der Waals surface area contributed by atoms with Gasteiger partial charge in [-0.15, -0.1) is 0 Å². The van der Waals surface area contributed by atoms with E-state index in [1.165, 1.54) is 0 Å². The van der Waals surface area contributed by atoms with Crippen molar-refractivity contribution in [3.63, 3.8) is 0 Å². The summed E-state index contributed by atoms with van der Waals surface area (Å²) >= 11 is 2.16. The molecule has 0 bridgehead atoms. The minimum atomic E-state index is 0.0654. The van der Waals surface area contributed by atoms with Crippen LogP contribution in [0.5, 0.6) is 0 Å². The van der Waals surface area contributed by atoms with E-state index in [9.17, 15) is 4.79 Å². The fraction of sp³-hybridized carbons (Fsp3) is 0.833. The predicted molar refractivity (Wildman–Crippen MR) is 44.8 cm³/mol. The van der Waals surface area contributed by atoms with E-state index in [2.05, 4.69) is 22.6 Å². The summed E-state index contributed by atoms with van der Waals surface area (Å²) < 4.78 is 0.813. The molecule has 0 spiro atoms. The molecule has 0 heterocycles. The Hall–Kier alpha value is 0.360. The Balaban J connectivity index is 3.54. The van der Waals surface area contributed by atoms with Crippen molar-refractivity contribution in [3.05, 3.63) is 0 Å². The molecule has 0 rings (SSSR count). The maximum Gasteiger partial charge on any atom is 0.133 e. The van der Waals surface area contributed by atoms with Crippen LogP contribution in [0.1, 0.15) is 13.3 Å². The fourth-order valence-corrected chi connectivity index (χ4v) is 1.61. The number of hydrogen-bond donors (Lipinski definition) is 1. The molecule has 0 aromatic heterocycles. The van der Waals surface area contributed by atoms with Gasteiger partial charge >= 0.3 is 0 Å². The number of Topliss-reactive ketones (excluding diaryl/α,β-unsaturated/α-hetero) is 1. The third-order valence-electron chi connectivity index (χ3n) is 1.24. The molecular weight excluding hydrogens is 231 g/mol. The predicted octanol–water partition coefficient (Wildman–Crippen LogP) is 1.01. The summed E-state index contributed by atoms with van der Waals surface area (Å²) in [5.41, 5.74) is 0. The van der Waals surface area contributed by atoms with Gasteiger partial charge in [0.2, 0.25) is 0 Å². The summed E-state index contributed by atoms with van der Waals surface area (Å²) in [5.74, 6) is 0.244. The lowest BCUT2D eigenvalue weighted by Gasteiger charge is -2.05. The van der Waals surface area contributed by atoms with Gasteiger partial charge < -0.3 is 5.11 Å². The van der Waals surface area contributed by atoms with Crippen molar-refractivity contribution in [1.82, 2.24) is 0 Å². The van der Waals surface area contributed by atoms with Gasteiger partial charge in [-0.05, 0) is 13.3 Å². The molecular formula is C6H11IO2. The van der Waals surface area contributed by atoms with Crippen LogP contribution in [0, 0.1) is 5.92 Å². The van der Waals surface area contributed by atoms with E-state index in [-0.39, 0.29) is 18.3 Å². The third kappa shape index (κ3) is 3.86. The minimum Gasteiger partial charge on any atom is -0.396 e. The van der Waals surface area contributed by atoms with Gasteiger partial charge in [0.15, 0.2) is 0 Å². The fourth-order valence-electron chi connectivity index (χ4n) is 0.545. The van der Waals surface area contributed by atoms with Gasteiger partial charge in [-0.25, -0.2) is 0 Å². The van der Waals surface area contributed by atoms with E-state index >= 15 is 0 Å². The summed E-state index contributed by atoms with van der Waals surface area (Å²) in [7, 11) is 0. The number of aliphatic hydroxyl groups excluding tert-OH is 1. The van der Waals surface area contributed by atoms with Gasteiger partial charge in [0.05, 0.1) is 0 Å². The SMILES string of the molecule is CC(=O)C(CI)CCO. The number of rotatable bonds is 4. The Morgan fingerprint density at radius 2 is 2.33 bits per heavy atom. The van der Waals surface area contributed by atoms with Crippen molar-refractivity contribution in [2.45, 2.75) is 13.3 Å². The zero-order chi connectivity index (χ0) is 7.28. The van der Waals surface area contributed by atoms with E-state index in [1.807, 2.05) is 0 Å². The monoisotopic (exact) mass is 242 g/mol. The van der Waals surface area contributed by atoms with E-state index < -0.39 is 0 Å². The maximum absolute atomic E-state index is 10.6. The first-order valence-corrected chi connectivity index (χ1v) is 4.42. The van der Waals surface area contributed by atoms with Gasteiger partial charge in [-0.3, -0.25) is 4.79 Å². The van der Waals surface area contributed by atoms with Crippen LogP contribution >= 0.6 is 22.6 Å². The lowest BCUT2D eigenvalue weighted by atomic mass is 10.1. The standard InChI is InChI=1S/C6H11IO2/c1-5(9)6(4-7)2-3-8/h6,8H,2-4H2,1H3. The number of carbonyl (C=O) groups excluding carboxylic acids is 1. The number of carbonyl (C=O) groups is 1.